The van der Waals surface area contributed by atoms with Gasteiger partial charge in [-0.1, -0.05) is 42.0 Å². The maximum Gasteiger partial charge on any atom is 0.230 e. The third-order valence-corrected chi connectivity index (χ3v) is 4.42. The van der Waals surface area contributed by atoms with Gasteiger partial charge in [0.1, 0.15) is 12.0 Å². The molecule has 156 valence electrons. The van der Waals surface area contributed by atoms with Crippen molar-refractivity contribution in [3.8, 4) is 11.6 Å². The van der Waals surface area contributed by atoms with E-state index < -0.39 is 6.23 Å². The highest BCUT2D eigenvalue weighted by Gasteiger charge is 2.17. The van der Waals surface area contributed by atoms with Crippen LogP contribution in [0.2, 0.25) is 0 Å². The number of benzene rings is 2. The topological polar surface area (TPSA) is 71.5 Å². The molecule has 3 rings (SSSR count). The van der Waals surface area contributed by atoms with Gasteiger partial charge in [0.05, 0.1) is 5.56 Å². The molecule has 5 heteroatoms. The van der Waals surface area contributed by atoms with Crippen molar-refractivity contribution in [3.05, 3.63) is 102 Å². The number of hydrogen-bond acceptors (Lipinski definition) is 5. The molecule has 1 heterocycles. The fraction of sp³-hybridized carbons (Fsp3) is 0.200. The van der Waals surface area contributed by atoms with E-state index in [0.29, 0.717) is 16.9 Å². The van der Waals surface area contributed by atoms with Crippen LogP contribution >= 0.6 is 0 Å². The van der Waals surface area contributed by atoms with Crippen LogP contribution in [0, 0.1) is 6.92 Å². The van der Waals surface area contributed by atoms with E-state index in [0.717, 1.165) is 11.1 Å². The number of rotatable bonds is 7. The minimum atomic E-state index is -0.604. The Hall–Kier alpha value is -3.28. The number of ether oxygens (including phenoxy) is 1. The predicted molar refractivity (Wildman–Crippen MR) is 120 cm³/mol. The van der Waals surface area contributed by atoms with E-state index >= 15 is 0 Å². The summed E-state index contributed by atoms with van der Waals surface area (Å²) < 4.78 is 5.84. The fourth-order valence-corrected chi connectivity index (χ4v) is 2.90. The van der Waals surface area contributed by atoms with Crippen LogP contribution in [0.3, 0.4) is 0 Å². The standard InChI is InChI=1S/C23H24N2O3.C2H4/c1-15-6-12-20(13-7-15)28-23-21(5-4-14-24-23)22(27)19-10-8-18(9-11-19)16(2)25-17(3)26;1-2/h4-14,16-17,25-26H,1-3H3;1-2H2/t16-,17?;/m0./s1. The maximum atomic E-state index is 13.0. The lowest BCUT2D eigenvalue weighted by molar-refractivity contribution is 0.103. The molecule has 2 N–H and O–H groups in total. The molecule has 0 saturated carbocycles. The Kier molecular flexibility index (Phi) is 8.47. The number of aryl methyl sites for hydroxylation is 1. The molecule has 0 saturated heterocycles. The summed E-state index contributed by atoms with van der Waals surface area (Å²) in [5.74, 6) is 0.759. The van der Waals surface area contributed by atoms with Gasteiger partial charge in [0.25, 0.3) is 0 Å². The number of nitrogens with zero attached hydrogens (tertiary/aromatic N) is 1. The second kappa shape index (κ2) is 11.0. The van der Waals surface area contributed by atoms with Crippen LogP contribution in [0.1, 0.15) is 46.9 Å². The normalized spacial score (nSPS) is 12.3. The Morgan fingerprint density at radius 2 is 1.67 bits per heavy atom. The first-order valence-corrected chi connectivity index (χ1v) is 9.72. The summed E-state index contributed by atoms with van der Waals surface area (Å²) in [5.41, 5.74) is 3.07. The van der Waals surface area contributed by atoms with E-state index in [4.69, 9.17) is 4.74 Å². The molecule has 1 aromatic heterocycles. The highest BCUT2D eigenvalue weighted by atomic mass is 16.5. The van der Waals surface area contributed by atoms with Gasteiger partial charge in [0.2, 0.25) is 5.88 Å². The fourth-order valence-electron chi connectivity index (χ4n) is 2.90. The largest absolute Gasteiger partial charge is 0.438 e. The summed E-state index contributed by atoms with van der Waals surface area (Å²) in [4.78, 5) is 17.2. The molecule has 0 radical (unpaired) electrons. The van der Waals surface area contributed by atoms with Crippen molar-refractivity contribution in [2.45, 2.75) is 33.0 Å². The third kappa shape index (κ3) is 6.11. The lowest BCUT2D eigenvalue weighted by atomic mass is 10.0. The molecule has 0 bridgehead atoms. The molecule has 3 aromatic rings. The van der Waals surface area contributed by atoms with Crippen LogP contribution in [-0.4, -0.2) is 22.1 Å². The van der Waals surface area contributed by atoms with Crippen molar-refractivity contribution in [1.82, 2.24) is 10.3 Å². The lowest BCUT2D eigenvalue weighted by Crippen LogP contribution is -2.28. The van der Waals surface area contributed by atoms with Crippen molar-refractivity contribution in [2.75, 3.05) is 0 Å². The zero-order valence-corrected chi connectivity index (χ0v) is 17.6. The molecule has 30 heavy (non-hydrogen) atoms. The van der Waals surface area contributed by atoms with Gasteiger partial charge in [-0.15, -0.1) is 13.2 Å². The predicted octanol–water partition coefficient (Wildman–Crippen LogP) is 5.20. The highest BCUT2D eigenvalue weighted by Crippen LogP contribution is 2.25. The second-order valence-corrected chi connectivity index (χ2v) is 6.79. The van der Waals surface area contributed by atoms with Crippen LogP contribution in [0.15, 0.2) is 80.0 Å². The van der Waals surface area contributed by atoms with Crippen molar-refractivity contribution in [3.63, 3.8) is 0 Å². The van der Waals surface area contributed by atoms with E-state index in [1.165, 1.54) is 0 Å². The lowest BCUT2D eigenvalue weighted by Gasteiger charge is -2.16. The van der Waals surface area contributed by atoms with Crippen LogP contribution < -0.4 is 10.1 Å². The van der Waals surface area contributed by atoms with E-state index in [-0.39, 0.29) is 17.7 Å². The van der Waals surface area contributed by atoms with Gasteiger partial charge in [-0.3, -0.25) is 10.1 Å². The molecular formula is C25H28N2O3. The molecule has 2 atom stereocenters. The summed E-state index contributed by atoms with van der Waals surface area (Å²) in [5, 5.41) is 12.5. The maximum absolute atomic E-state index is 13.0. The molecule has 0 spiro atoms. The molecule has 5 nitrogen and oxygen atoms in total. The third-order valence-electron chi connectivity index (χ3n) is 4.42. The number of carbonyl (C=O) groups is 1. The summed E-state index contributed by atoms with van der Waals surface area (Å²) in [7, 11) is 0. The Bertz CT molecular complexity index is 951. The van der Waals surface area contributed by atoms with Crippen LogP contribution in [0.25, 0.3) is 0 Å². The number of pyridine rings is 1. The quantitative estimate of drug-likeness (QED) is 0.322. The Morgan fingerprint density at radius 1 is 1.03 bits per heavy atom. The summed E-state index contributed by atoms with van der Waals surface area (Å²) in [6.07, 6.45) is 1.00. The van der Waals surface area contributed by atoms with E-state index in [1.54, 1.807) is 37.4 Å². The van der Waals surface area contributed by atoms with Crippen molar-refractivity contribution in [2.24, 2.45) is 0 Å². The Balaban J connectivity index is 0.00000155. The smallest absolute Gasteiger partial charge is 0.230 e. The zero-order valence-electron chi connectivity index (χ0n) is 17.6. The van der Waals surface area contributed by atoms with Gasteiger partial charge in [0, 0.05) is 17.8 Å². The average Bonchev–Trinajstić information content (AvgIpc) is 2.76. The summed E-state index contributed by atoms with van der Waals surface area (Å²) in [6, 6.07) is 18.3. The van der Waals surface area contributed by atoms with Crippen LogP contribution in [0.5, 0.6) is 11.6 Å². The van der Waals surface area contributed by atoms with Crippen molar-refractivity contribution in [1.29, 1.82) is 0 Å². The van der Waals surface area contributed by atoms with Gasteiger partial charge in [-0.25, -0.2) is 4.98 Å². The summed E-state index contributed by atoms with van der Waals surface area (Å²) in [6.45, 7) is 11.6. The number of nitrogens with one attached hydrogen (secondary N) is 1. The van der Waals surface area contributed by atoms with E-state index in [9.17, 15) is 9.90 Å². The minimum Gasteiger partial charge on any atom is -0.438 e. The molecule has 0 aliphatic heterocycles. The molecule has 0 aliphatic carbocycles. The number of carbonyl (C=O) groups excluding carboxylic acids is 1. The number of aliphatic hydroxyl groups is 1. The molecular weight excluding hydrogens is 376 g/mol. The monoisotopic (exact) mass is 404 g/mol. The van der Waals surface area contributed by atoms with Gasteiger partial charge in [-0.2, -0.15) is 0 Å². The molecule has 0 amide bonds. The van der Waals surface area contributed by atoms with E-state index in [1.807, 2.05) is 50.2 Å². The SMILES string of the molecule is C=C.Cc1ccc(Oc2ncccc2C(=O)c2ccc([C@H](C)NC(C)O)cc2)cc1. The summed E-state index contributed by atoms with van der Waals surface area (Å²) >= 11 is 0. The first-order valence-electron chi connectivity index (χ1n) is 9.72. The zero-order chi connectivity index (χ0) is 22.1. The van der Waals surface area contributed by atoms with Gasteiger partial charge >= 0.3 is 0 Å². The number of aliphatic hydroxyl groups excluding tert-OH is 1. The number of ketones is 1. The first-order chi connectivity index (χ1) is 14.4. The van der Waals surface area contributed by atoms with Crippen LogP contribution in [-0.2, 0) is 0 Å². The van der Waals surface area contributed by atoms with E-state index in [2.05, 4.69) is 23.5 Å². The molecule has 0 fully saturated rings. The van der Waals surface area contributed by atoms with Gasteiger partial charge in [0.15, 0.2) is 5.78 Å². The molecule has 1 unspecified atom stereocenters. The number of hydrogen-bond donors (Lipinski definition) is 2. The highest BCUT2D eigenvalue weighted by molar-refractivity contribution is 6.10. The van der Waals surface area contributed by atoms with Crippen LogP contribution in [0.4, 0.5) is 0 Å². The van der Waals surface area contributed by atoms with Gasteiger partial charge in [-0.05, 0) is 50.6 Å². The molecule has 0 aliphatic rings. The first kappa shape index (κ1) is 23.0. The van der Waals surface area contributed by atoms with Crippen molar-refractivity contribution >= 4 is 5.78 Å². The van der Waals surface area contributed by atoms with Gasteiger partial charge < -0.3 is 9.84 Å². The second-order valence-electron chi connectivity index (χ2n) is 6.79. The Morgan fingerprint density at radius 3 is 2.27 bits per heavy atom. The molecule has 2 aromatic carbocycles. The van der Waals surface area contributed by atoms with Crippen molar-refractivity contribution < 1.29 is 14.6 Å². The minimum absolute atomic E-state index is 0.0250. The Labute approximate surface area is 178 Å². The average molecular weight is 405 g/mol. The number of aromatic nitrogens is 1.